The van der Waals surface area contributed by atoms with Gasteiger partial charge in [-0.25, -0.2) is 0 Å². The van der Waals surface area contributed by atoms with Gasteiger partial charge in [0.1, 0.15) is 6.10 Å². The molecule has 184 valence electrons. The summed E-state index contributed by atoms with van der Waals surface area (Å²) in [5, 5.41) is 26.5. The number of aliphatic hydroxyl groups excluding tert-OH is 2. The van der Waals surface area contributed by atoms with Crippen LogP contribution in [0, 0.1) is 11.3 Å². The van der Waals surface area contributed by atoms with Gasteiger partial charge in [0.25, 0.3) is 0 Å². The first-order chi connectivity index (χ1) is 17.0. The molecular weight excluding hydrogens is 438 g/mol. The fraction of sp³-hybridized carbons (Fsp3) is 0.483. The number of likely N-dealkylation sites (tertiary alicyclic amines) is 1. The Morgan fingerprint density at radius 3 is 2.80 bits per heavy atom. The highest BCUT2D eigenvalue weighted by atomic mass is 16.6. The number of hydrogen-bond acceptors (Lipinski definition) is 6. The van der Waals surface area contributed by atoms with Crippen molar-refractivity contribution in [3.63, 3.8) is 0 Å². The second kappa shape index (κ2) is 8.64. The van der Waals surface area contributed by atoms with Gasteiger partial charge in [0.15, 0.2) is 5.72 Å². The third kappa shape index (κ3) is 3.31. The first-order valence-electron chi connectivity index (χ1n) is 12.9. The van der Waals surface area contributed by atoms with E-state index in [9.17, 15) is 10.2 Å². The predicted molar refractivity (Wildman–Crippen MR) is 137 cm³/mol. The number of ether oxygens (including phenoxy) is 1. The molecule has 2 fully saturated rings. The van der Waals surface area contributed by atoms with Gasteiger partial charge in [-0.1, -0.05) is 55.5 Å². The van der Waals surface area contributed by atoms with Gasteiger partial charge in [0, 0.05) is 29.0 Å². The molecule has 2 unspecified atom stereocenters. The van der Waals surface area contributed by atoms with E-state index in [0.717, 1.165) is 37.9 Å². The van der Waals surface area contributed by atoms with Crippen LogP contribution in [0.15, 0.2) is 78.0 Å². The van der Waals surface area contributed by atoms with Crippen molar-refractivity contribution < 1.29 is 14.9 Å². The van der Waals surface area contributed by atoms with Gasteiger partial charge >= 0.3 is 0 Å². The Morgan fingerprint density at radius 2 is 1.97 bits per heavy atom. The van der Waals surface area contributed by atoms with Crippen LogP contribution in [-0.2, 0) is 4.74 Å². The van der Waals surface area contributed by atoms with Crippen LogP contribution >= 0.6 is 0 Å². The van der Waals surface area contributed by atoms with Crippen LogP contribution in [0.4, 0.5) is 0 Å². The van der Waals surface area contributed by atoms with Crippen LogP contribution in [0.5, 0.6) is 0 Å². The maximum atomic E-state index is 10.9. The van der Waals surface area contributed by atoms with Gasteiger partial charge in [0.05, 0.1) is 17.7 Å². The number of para-hydroxylation sites is 1. The van der Waals surface area contributed by atoms with Gasteiger partial charge in [-0.15, -0.1) is 0 Å². The van der Waals surface area contributed by atoms with Gasteiger partial charge in [-0.2, -0.15) is 0 Å². The van der Waals surface area contributed by atoms with Crippen molar-refractivity contribution >= 4 is 10.9 Å². The number of hydrogen-bond donors (Lipinski definition) is 3. The number of nitrogens with zero attached hydrogens (tertiary/aromatic N) is 2. The van der Waals surface area contributed by atoms with Crippen molar-refractivity contribution in [2.24, 2.45) is 11.3 Å². The number of benzene rings is 1. The maximum absolute atomic E-state index is 10.9. The Morgan fingerprint density at radius 1 is 1.14 bits per heavy atom. The quantitative estimate of drug-likeness (QED) is 0.595. The number of pyridine rings is 1. The Kier molecular flexibility index (Phi) is 5.70. The summed E-state index contributed by atoms with van der Waals surface area (Å²) in [5.74, 6) is 0.336. The second-order valence-corrected chi connectivity index (χ2v) is 10.5. The molecule has 5 aliphatic rings. The Bertz CT molecular complexity index is 1140. The molecule has 1 aromatic heterocycles. The molecule has 2 aliphatic heterocycles. The smallest absolute Gasteiger partial charge is 0.172 e. The molecule has 2 saturated heterocycles. The van der Waals surface area contributed by atoms with E-state index in [1.807, 2.05) is 42.6 Å². The minimum atomic E-state index is -0.878. The molecule has 3 N–H and O–H groups in total. The molecule has 6 nitrogen and oxygen atoms in total. The lowest BCUT2D eigenvalue weighted by molar-refractivity contribution is -0.152. The number of fused-ring (bicyclic) bond motifs is 1. The molecule has 3 heterocycles. The van der Waals surface area contributed by atoms with Crippen LogP contribution < -0.4 is 5.32 Å². The van der Waals surface area contributed by atoms with Crippen molar-refractivity contribution in [2.45, 2.75) is 56.3 Å². The lowest BCUT2D eigenvalue weighted by Crippen LogP contribution is -2.63. The summed E-state index contributed by atoms with van der Waals surface area (Å²) in [4.78, 5) is 6.64. The van der Waals surface area contributed by atoms with Gasteiger partial charge < -0.3 is 19.8 Å². The Hall–Kier alpha value is -2.35. The number of aliphatic hydroxyl groups is 2. The highest BCUT2D eigenvalue weighted by Crippen LogP contribution is 2.66. The summed E-state index contributed by atoms with van der Waals surface area (Å²) in [5.41, 5.74) is 2.50. The number of nitrogens with one attached hydrogen (secondary N) is 1. The molecule has 2 bridgehead atoms. The zero-order valence-corrected chi connectivity index (χ0v) is 20.5. The average Bonchev–Trinajstić information content (AvgIpc) is 3.20. The normalized spacial score (nSPS) is 38.8. The second-order valence-electron chi connectivity index (χ2n) is 10.5. The number of allylic oxidation sites excluding steroid dienone is 1. The summed E-state index contributed by atoms with van der Waals surface area (Å²) in [6.07, 6.45) is 11.2. The largest absolute Gasteiger partial charge is 0.386 e. The summed E-state index contributed by atoms with van der Waals surface area (Å²) < 4.78 is 6.59. The third-order valence-corrected chi connectivity index (χ3v) is 8.73. The molecule has 1 aromatic carbocycles. The van der Waals surface area contributed by atoms with Crippen LogP contribution in [0.1, 0.15) is 26.2 Å². The summed E-state index contributed by atoms with van der Waals surface area (Å²) >= 11 is 0. The molecule has 1 spiro atoms. The van der Waals surface area contributed by atoms with Crippen LogP contribution in [0.3, 0.4) is 0 Å². The minimum absolute atomic E-state index is 0.203. The number of piperidine rings is 1. The number of rotatable bonds is 3. The molecule has 0 radical (unpaired) electrons. The predicted octanol–water partition coefficient (Wildman–Crippen LogP) is 3.18. The molecule has 6 heteroatoms. The summed E-state index contributed by atoms with van der Waals surface area (Å²) in [6, 6.07) is 12.5. The lowest BCUT2D eigenvalue weighted by atomic mass is 9.51. The minimum Gasteiger partial charge on any atom is -0.386 e. The van der Waals surface area contributed by atoms with Crippen molar-refractivity contribution in [3.05, 3.63) is 78.0 Å². The maximum Gasteiger partial charge on any atom is 0.172 e. The molecule has 0 saturated carbocycles. The topological polar surface area (TPSA) is 77.8 Å². The van der Waals surface area contributed by atoms with Crippen LogP contribution in [0.25, 0.3) is 10.9 Å². The van der Waals surface area contributed by atoms with Gasteiger partial charge in [-0.3, -0.25) is 10.3 Å². The van der Waals surface area contributed by atoms with Crippen LogP contribution in [-0.4, -0.2) is 70.3 Å². The van der Waals surface area contributed by atoms with E-state index in [4.69, 9.17) is 4.74 Å². The van der Waals surface area contributed by atoms with E-state index >= 15 is 0 Å². The van der Waals surface area contributed by atoms with E-state index in [1.165, 1.54) is 16.5 Å². The van der Waals surface area contributed by atoms with Crippen molar-refractivity contribution in [1.82, 2.24) is 15.2 Å². The molecule has 3 aliphatic carbocycles. The molecule has 0 amide bonds. The first-order valence-corrected chi connectivity index (χ1v) is 12.9. The van der Waals surface area contributed by atoms with Crippen molar-refractivity contribution in [2.75, 3.05) is 20.1 Å². The summed E-state index contributed by atoms with van der Waals surface area (Å²) in [6.45, 7) is 3.90. The highest BCUT2D eigenvalue weighted by molar-refractivity contribution is 5.77. The highest BCUT2D eigenvalue weighted by Gasteiger charge is 2.71. The molecule has 35 heavy (non-hydrogen) atoms. The Labute approximate surface area is 207 Å². The SMILES string of the molecule is CCCNC12O[C@H]3[C@@H](O)C=C[C@H]4[C@H]5CC(=C1[C@]43CCN5C)C=CC2O.c1ccc2ncccc2c1. The molecular formula is C29H35N3O3. The molecule has 7 rings (SSSR count). The Balaban J connectivity index is 0.000000191. The molecule has 2 aromatic rings. The van der Waals surface area contributed by atoms with E-state index in [0.29, 0.717) is 12.0 Å². The molecule has 7 atom stereocenters. The lowest BCUT2D eigenvalue weighted by Gasteiger charge is -2.58. The van der Waals surface area contributed by atoms with Gasteiger partial charge in [-0.05, 0) is 62.7 Å². The van der Waals surface area contributed by atoms with Crippen molar-refractivity contribution in [3.8, 4) is 0 Å². The standard InChI is InChI=1S/C20H28N2O3.C9H7N/c1-3-9-21-20-16(24)7-4-12-11-14-13-5-6-15(23)18(25-20)19(13,17(12)20)8-10-22(14)2;1-2-6-9-8(4-1)5-3-7-10-9/h4-7,13-16,18,21,23-24H,3,8-11H2,1-2H3;1-7H/t13-,14+,15-,16?,18-,19-,20?;/m0./s1. The fourth-order valence-corrected chi connectivity index (χ4v) is 7.22. The zero-order valence-electron chi connectivity index (χ0n) is 20.5. The summed E-state index contributed by atoms with van der Waals surface area (Å²) in [7, 11) is 2.21. The van der Waals surface area contributed by atoms with E-state index < -0.39 is 17.9 Å². The van der Waals surface area contributed by atoms with E-state index in [-0.39, 0.29) is 11.5 Å². The average molecular weight is 474 g/mol. The van der Waals surface area contributed by atoms with E-state index in [2.05, 4.69) is 53.5 Å². The fourth-order valence-electron chi connectivity index (χ4n) is 7.22. The van der Waals surface area contributed by atoms with E-state index in [1.54, 1.807) is 0 Å². The zero-order chi connectivity index (χ0) is 24.2. The van der Waals surface area contributed by atoms with Crippen molar-refractivity contribution in [1.29, 1.82) is 0 Å². The number of aromatic nitrogens is 1. The van der Waals surface area contributed by atoms with Crippen LogP contribution in [0.2, 0.25) is 0 Å². The third-order valence-electron chi connectivity index (χ3n) is 8.73. The first kappa shape index (κ1) is 23.1. The monoisotopic (exact) mass is 473 g/mol. The van der Waals surface area contributed by atoms with Gasteiger partial charge in [0.2, 0.25) is 0 Å².